The van der Waals surface area contributed by atoms with E-state index in [0.29, 0.717) is 12.3 Å². The molecule has 0 amide bonds. The molecule has 0 saturated heterocycles. The quantitative estimate of drug-likeness (QED) is 0.803. The maximum Gasteiger partial charge on any atom is 0.333 e. The summed E-state index contributed by atoms with van der Waals surface area (Å²) in [5.41, 5.74) is 0.881. The Labute approximate surface area is 95.7 Å². The van der Waals surface area contributed by atoms with Gasteiger partial charge < -0.3 is 10.2 Å². The number of carbonyl (C=O) groups is 1. The van der Waals surface area contributed by atoms with Crippen LogP contribution in [0.3, 0.4) is 0 Å². The molecule has 0 spiro atoms. The highest BCUT2D eigenvalue weighted by Crippen LogP contribution is 2.27. The average Bonchev–Trinajstić information content (AvgIpc) is 2.26. The fourth-order valence-corrected chi connectivity index (χ4v) is 1.83. The number of carboxylic acid groups (broad SMARTS) is 1. The molecule has 2 atom stereocenters. The van der Waals surface area contributed by atoms with Gasteiger partial charge in [0.2, 0.25) is 0 Å². The second-order valence-electron chi connectivity index (χ2n) is 4.43. The van der Waals surface area contributed by atoms with Crippen molar-refractivity contribution in [1.82, 2.24) is 0 Å². The Balaban J connectivity index is 2.92. The molecule has 16 heavy (non-hydrogen) atoms. The van der Waals surface area contributed by atoms with Crippen LogP contribution in [0.4, 0.5) is 0 Å². The van der Waals surface area contributed by atoms with Crippen LogP contribution in [0.1, 0.15) is 31.7 Å². The fraction of sp³-hybridized carbons (Fsp3) is 0.462. The molecular weight excluding hydrogens is 204 g/mol. The minimum Gasteiger partial charge on any atom is -0.479 e. The molecule has 0 aliphatic rings. The molecule has 3 heteroatoms. The van der Waals surface area contributed by atoms with Gasteiger partial charge in [0.05, 0.1) is 0 Å². The van der Waals surface area contributed by atoms with Crippen LogP contribution in [0.25, 0.3) is 0 Å². The number of hydrogen-bond acceptors (Lipinski definition) is 2. The van der Waals surface area contributed by atoms with E-state index in [-0.39, 0.29) is 5.92 Å². The van der Waals surface area contributed by atoms with Crippen LogP contribution in [0.2, 0.25) is 0 Å². The molecule has 2 unspecified atom stereocenters. The Hall–Kier alpha value is -1.35. The summed E-state index contributed by atoms with van der Waals surface area (Å²) >= 11 is 0. The highest BCUT2D eigenvalue weighted by Gasteiger charge is 2.27. The molecule has 0 heterocycles. The van der Waals surface area contributed by atoms with Gasteiger partial charge in [-0.3, -0.25) is 0 Å². The van der Waals surface area contributed by atoms with Gasteiger partial charge in [0.15, 0.2) is 6.10 Å². The SMILES string of the molecule is CC(C)CC(c1ccccc1)C(O)C(=O)O. The summed E-state index contributed by atoms with van der Waals surface area (Å²) in [7, 11) is 0. The van der Waals surface area contributed by atoms with Crippen LogP contribution in [0, 0.1) is 5.92 Å². The Bertz CT molecular complexity index is 332. The van der Waals surface area contributed by atoms with Gasteiger partial charge in [0.1, 0.15) is 0 Å². The zero-order valence-electron chi connectivity index (χ0n) is 9.63. The van der Waals surface area contributed by atoms with E-state index in [9.17, 15) is 9.90 Å². The molecule has 1 aromatic carbocycles. The van der Waals surface area contributed by atoms with Gasteiger partial charge in [0.25, 0.3) is 0 Å². The Kier molecular flexibility index (Phi) is 4.50. The van der Waals surface area contributed by atoms with E-state index in [4.69, 9.17) is 5.11 Å². The van der Waals surface area contributed by atoms with E-state index in [0.717, 1.165) is 5.56 Å². The lowest BCUT2D eigenvalue weighted by Gasteiger charge is -2.22. The molecule has 0 saturated carbocycles. The summed E-state index contributed by atoms with van der Waals surface area (Å²) < 4.78 is 0. The normalized spacial score (nSPS) is 14.8. The summed E-state index contributed by atoms with van der Waals surface area (Å²) in [6.07, 6.45) is -0.665. The zero-order chi connectivity index (χ0) is 12.1. The van der Waals surface area contributed by atoms with Gasteiger partial charge in [-0.2, -0.15) is 0 Å². The highest BCUT2D eigenvalue weighted by molar-refractivity contribution is 5.73. The number of aliphatic hydroxyl groups excluding tert-OH is 1. The fourth-order valence-electron chi connectivity index (χ4n) is 1.83. The van der Waals surface area contributed by atoms with Crippen molar-refractivity contribution < 1.29 is 15.0 Å². The summed E-state index contributed by atoms with van der Waals surface area (Å²) in [5.74, 6) is -1.15. The second-order valence-corrected chi connectivity index (χ2v) is 4.43. The van der Waals surface area contributed by atoms with E-state index in [1.54, 1.807) is 0 Å². The minimum atomic E-state index is -1.33. The van der Waals surface area contributed by atoms with Crippen molar-refractivity contribution in [3.8, 4) is 0 Å². The van der Waals surface area contributed by atoms with Gasteiger partial charge in [-0.1, -0.05) is 44.2 Å². The van der Waals surface area contributed by atoms with Crippen LogP contribution in [0.15, 0.2) is 30.3 Å². The highest BCUT2D eigenvalue weighted by atomic mass is 16.4. The van der Waals surface area contributed by atoms with E-state index < -0.39 is 12.1 Å². The first kappa shape index (κ1) is 12.7. The van der Waals surface area contributed by atoms with Crippen LogP contribution in [-0.2, 0) is 4.79 Å². The lowest BCUT2D eigenvalue weighted by molar-refractivity contribution is -0.148. The first-order valence-corrected chi connectivity index (χ1v) is 5.48. The zero-order valence-corrected chi connectivity index (χ0v) is 9.63. The third-order valence-corrected chi connectivity index (χ3v) is 2.59. The topological polar surface area (TPSA) is 57.5 Å². The van der Waals surface area contributed by atoms with Crippen molar-refractivity contribution in [2.24, 2.45) is 5.92 Å². The van der Waals surface area contributed by atoms with Crippen LogP contribution in [0.5, 0.6) is 0 Å². The molecule has 0 radical (unpaired) electrons. The molecule has 0 aliphatic heterocycles. The molecule has 1 aromatic rings. The van der Waals surface area contributed by atoms with Crippen LogP contribution < -0.4 is 0 Å². The van der Waals surface area contributed by atoms with E-state index >= 15 is 0 Å². The summed E-state index contributed by atoms with van der Waals surface area (Å²) in [4.78, 5) is 10.8. The van der Waals surface area contributed by atoms with Crippen LogP contribution in [-0.4, -0.2) is 22.3 Å². The van der Waals surface area contributed by atoms with Gasteiger partial charge in [-0.15, -0.1) is 0 Å². The van der Waals surface area contributed by atoms with Gasteiger partial charge in [-0.05, 0) is 17.9 Å². The largest absolute Gasteiger partial charge is 0.479 e. The predicted molar refractivity (Wildman–Crippen MR) is 62.3 cm³/mol. The number of benzene rings is 1. The summed E-state index contributed by atoms with van der Waals surface area (Å²) in [6, 6.07) is 9.32. The molecule has 0 bridgehead atoms. The lowest BCUT2D eigenvalue weighted by atomic mass is 9.86. The molecule has 2 N–H and O–H groups in total. The van der Waals surface area contributed by atoms with Crippen LogP contribution >= 0.6 is 0 Å². The molecular formula is C13H18O3. The number of carboxylic acids is 1. The minimum absolute atomic E-state index is 0.335. The Morgan fingerprint density at radius 1 is 1.25 bits per heavy atom. The maximum absolute atomic E-state index is 10.8. The van der Waals surface area contributed by atoms with Crippen molar-refractivity contribution in [2.45, 2.75) is 32.3 Å². The molecule has 3 nitrogen and oxygen atoms in total. The van der Waals surface area contributed by atoms with Crippen molar-refractivity contribution >= 4 is 5.97 Å². The number of aliphatic carboxylic acids is 1. The molecule has 0 aromatic heterocycles. The Morgan fingerprint density at radius 2 is 1.81 bits per heavy atom. The summed E-state index contributed by atoms with van der Waals surface area (Å²) in [6.45, 7) is 4.04. The molecule has 1 rings (SSSR count). The molecule has 88 valence electrons. The van der Waals surface area contributed by atoms with E-state index in [2.05, 4.69) is 0 Å². The van der Waals surface area contributed by atoms with E-state index in [1.807, 2.05) is 44.2 Å². The second kappa shape index (κ2) is 5.66. The van der Waals surface area contributed by atoms with E-state index in [1.165, 1.54) is 0 Å². The van der Waals surface area contributed by atoms with Gasteiger partial charge in [-0.25, -0.2) is 4.79 Å². The van der Waals surface area contributed by atoms with Crippen molar-refractivity contribution in [2.75, 3.05) is 0 Å². The third kappa shape index (κ3) is 3.35. The maximum atomic E-state index is 10.8. The monoisotopic (exact) mass is 222 g/mol. The standard InChI is InChI=1S/C13H18O3/c1-9(2)8-11(12(14)13(15)16)10-6-4-3-5-7-10/h3-7,9,11-12,14H,8H2,1-2H3,(H,15,16). The first-order chi connectivity index (χ1) is 7.52. The van der Waals surface area contributed by atoms with Gasteiger partial charge in [0, 0.05) is 5.92 Å². The lowest BCUT2D eigenvalue weighted by Crippen LogP contribution is -2.28. The third-order valence-electron chi connectivity index (χ3n) is 2.59. The van der Waals surface area contributed by atoms with Crippen molar-refractivity contribution in [1.29, 1.82) is 0 Å². The summed E-state index contributed by atoms with van der Waals surface area (Å²) in [5, 5.41) is 18.6. The number of aliphatic hydroxyl groups is 1. The first-order valence-electron chi connectivity index (χ1n) is 5.48. The predicted octanol–water partition coefficient (Wildman–Crippen LogP) is 2.26. The number of hydrogen-bond donors (Lipinski definition) is 2. The smallest absolute Gasteiger partial charge is 0.333 e. The molecule has 0 aliphatic carbocycles. The van der Waals surface area contributed by atoms with Gasteiger partial charge >= 0.3 is 5.97 Å². The average molecular weight is 222 g/mol. The van der Waals surface area contributed by atoms with Crippen molar-refractivity contribution in [3.63, 3.8) is 0 Å². The number of rotatable bonds is 5. The molecule has 0 fully saturated rings. The van der Waals surface area contributed by atoms with Crippen molar-refractivity contribution in [3.05, 3.63) is 35.9 Å². The Morgan fingerprint density at radius 3 is 2.25 bits per heavy atom.